The third kappa shape index (κ3) is 5.66. The molecule has 2 rings (SSSR count). The predicted molar refractivity (Wildman–Crippen MR) is 89.6 cm³/mol. The zero-order valence-electron chi connectivity index (χ0n) is 13.0. The summed E-state index contributed by atoms with van der Waals surface area (Å²) in [6, 6.07) is 1.48. The molecule has 0 saturated heterocycles. The molecule has 1 unspecified atom stereocenters. The van der Waals surface area contributed by atoms with Gasteiger partial charge in [-0.05, 0) is 31.7 Å². The van der Waals surface area contributed by atoms with Crippen molar-refractivity contribution in [3.05, 3.63) is 22.3 Å². The van der Waals surface area contributed by atoms with Gasteiger partial charge in [-0.2, -0.15) is 0 Å². The Labute approximate surface area is 145 Å². The summed E-state index contributed by atoms with van der Waals surface area (Å²) in [6.07, 6.45) is 6.52. The van der Waals surface area contributed by atoms with Crippen molar-refractivity contribution in [1.82, 2.24) is 4.98 Å². The number of amides is 1. The van der Waals surface area contributed by atoms with Crippen molar-refractivity contribution in [2.24, 2.45) is 5.92 Å². The summed E-state index contributed by atoms with van der Waals surface area (Å²) in [5, 5.41) is 3.13. The predicted octanol–water partition coefficient (Wildman–Crippen LogP) is 4.23. The van der Waals surface area contributed by atoms with Gasteiger partial charge in [0.2, 0.25) is 0 Å². The minimum absolute atomic E-state index is 0.191. The molecule has 1 saturated carbocycles. The molecule has 23 heavy (non-hydrogen) atoms. The van der Waals surface area contributed by atoms with E-state index in [-0.39, 0.29) is 16.8 Å². The highest BCUT2D eigenvalue weighted by Gasteiger charge is 2.22. The molecule has 1 aliphatic carbocycles. The second kappa shape index (κ2) is 8.50. The lowest BCUT2D eigenvalue weighted by molar-refractivity contribution is -0.154. The molecular weight excluding hydrogens is 339 g/mol. The van der Waals surface area contributed by atoms with Crippen LogP contribution >= 0.6 is 23.2 Å². The first-order valence-corrected chi connectivity index (χ1v) is 8.52. The Bertz CT molecular complexity index is 574. The second-order valence-corrected chi connectivity index (χ2v) is 6.66. The molecule has 1 amide bonds. The highest BCUT2D eigenvalue weighted by atomic mass is 35.5. The maximum absolute atomic E-state index is 12.1. The molecule has 126 valence electrons. The van der Waals surface area contributed by atoms with Crippen LogP contribution < -0.4 is 5.32 Å². The van der Waals surface area contributed by atoms with E-state index in [1.807, 2.05) is 0 Å². The first-order valence-electron chi connectivity index (χ1n) is 7.77. The van der Waals surface area contributed by atoms with Gasteiger partial charge in [-0.3, -0.25) is 9.59 Å². The molecule has 0 aliphatic heterocycles. The number of hydrogen-bond donors (Lipinski definition) is 1. The van der Waals surface area contributed by atoms with Gasteiger partial charge in [0.1, 0.15) is 0 Å². The average molecular weight is 359 g/mol. The highest BCUT2D eigenvalue weighted by molar-refractivity contribution is 6.36. The first-order chi connectivity index (χ1) is 11.0. The number of pyridine rings is 1. The fourth-order valence-electron chi connectivity index (χ4n) is 2.65. The minimum Gasteiger partial charge on any atom is -0.453 e. The van der Waals surface area contributed by atoms with E-state index in [4.69, 9.17) is 27.9 Å². The summed E-state index contributed by atoms with van der Waals surface area (Å²) in [5.74, 6) is -0.247. The van der Waals surface area contributed by atoms with E-state index in [1.165, 1.54) is 25.6 Å². The number of halogens is 2. The van der Waals surface area contributed by atoms with Gasteiger partial charge in [-0.15, -0.1) is 0 Å². The van der Waals surface area contributed by atoms with Crippen molar-refractivity contribution in [3.63, 3.8) is 0 Å². The Morgan fingerprint density at radius 3 is 2.70 bits per heavy atom. The van der Waals surface area contributed by atoms with E-state index < -0.39 is 12.0 Å². The molecular formula is C16H20Cl2N2O3. The molecule has 1 fully saturated rings. The molecule has 0 bridgehead atoms. The second-order valence-electron chi connectivity index (χ2n) is 5.81. The fraction of sp³-hybridized carbons (Fsp3) is 0.562. The molecule has 0 spiro atoms. The first kappa shape index (κ1) is 18.0. The summed E-state index contributed by atoms with van der Waals surface area (Å²) < 4.78 is 5.20. The average Bonchev–Trinajstić information content (AvgIpc) is 2.50. The van der Waals surface area contributed by atoms with Gasteiger partial charge in [0, 0.05) is 12.6 Å². The summed E-state index contributed by atoms with van der Waals surface area (Å²) >= 11 is 11.7. The van der Waals surface area contributed by atoms with Crippen molar-refractivity contribution >= 4 is 40.9 Å². The van der Waals surface area contributed by atoms with E-state index in [0.29, 0.717) is 17.4 Å². The number of esters is 1. The number of ether oxygens (including phenoxy) is 1. The van der Waals surface area contributed by atoms with Crippen molar-refractivity contribution in [3.8, 4) is 0 Å². The lowest BCUT2D eigenvalue weighted by atomic mass is 9.87. The van der Waals surface area contributed by atoms with Crippen LogP contribution in [0.3, 0.4) is 0 Å². The molecule has 1 N–H and O–H groups in total. The van der Waals surface area contributed by atoms with Crippen molar-refractivity contribution in [2.75, 3.05) is 5.32 Å². The van der Waals surface area contributed by atoms with Crippen molar-refractivity contribution in [2.45, 2.75) is 51.6 Å². The number of carbonyl (C=O) groups excluding carboxylic acids is 2. The Kier molecular flexibility index (Phi) is 6.66. The van der Waals surface area contributed by atoms with Crippen LogP contribution in [0, 0.1) is 5.92 Å². The topological polar surface area (TPSA) is 68.3 Å². The highest BCUT2D eigenvalue weighted by Crippen LogP contribution is 2.27. The van der Waals surface area contributed by atoms with Gasteiger partial charge in [0.25, 0.3) is 5.91 Å². The minimum atomic E-state index is -0.903. The van der Waals surface area contributed by atoms with Crippen LogP contribution in [0.25, 0.3) is 0 Å². The molecule has 1 aromatic heterocycles. The van der Waals surface area contributed by atoms with Crippen molar-refractivity contribution < 1.29 is 14.3 Å². The zero-order chi connectivity index (χ0) is 16.8. The smallest absolute Gasteiger partial charge is 0.306 e. The van der Waals surface area contributed by atoms with Gasteiger partial charge in [-0.1, -0.05) is 42.5 Å². The normalized spacial score (nSPS) is 16.7. The summed E-state index contributed by atoms with van der Waals surface area (Å²) in [7, 11) is 0. The number of nitrogens with one attached hydrogen (secondary N) is 1. The fourth-order valence-corrected chi connectivity index (χ4v) is 3.08. The maximum Gasteiger partial charge on any atom is 0.306 e. The summed E-state index contributed by atoms with van der Waals surface area (Å²) in [4.78, 5) is 27.9. The number of anilines is 1. The lowest BCUT2D eigenvalue weighted by Crippen LogP contribution is -2.31. The largest absolute Gasteiger partial charge is 0.453 e. The molecule has 5 nitrogen and oxygen atoms in total. The van der Waals surface area contributed by atoms with Gasteiger partial charge >= 0.3 is 5.97 Å². The van der Waals surface area contributed by atoms with Crippen LogP contribution in [0.4, 0.5) is 5.82 Å². The van der Waals surface area contributed by atoms with Gasteiger partial charge in [0.15, 0.2) is 11.9 Å². The SMILES string of the molecule is CC(OC(=O)CC1CCCCC1)C(=O)Nc1ncc(Cl)cc1Cl. The molecule has 1 aromatic rings. The Morgan fingerprint density at radius 1 is 1.35 bits per heavy atom. The number of hydrogen-bond acceptors (Lipinski definition) is 4. The van der Waals surface area contributed by atoms with Crippen LogP contribution in [-0.4, -0.2) is 23.0 Å². The zero-order valence-corrected chi connectivity index (χ0v) is 14.5. The quantitative estimate of drug-likeness (QED) is 0.799. The summed E-state index contributed by atoms with van der Waals surface area (Å²) in [6.45, 7) is 1.53. The third-order valence-electron chi connectivity index (χ3n) is 3.91. The third-order valence-corrected chi connectivity index (χ3v) is 4.40. The lowest BCUT2D eigenvalue weighted by Gasteiger charge is -2.21. The number of nitrogens with zero attached hydrogens (tertiary/aromatic N) is 1. The van der Waals surface area contributed by atoms with Crippen LogP contribution in [0.15, 0.2) is 12.3 Å². The van der Waals surface area contributed by atoms with E-state index in [1.54, 1.807) is 0 Å². The Morgan fingerprint density at radius 2 is 2.04 bits per heavy atom. The standard InChI is InChI=1S/C16H20Cl2N2O3/c1-10(23-14(21)7-11-5-3-2-4-6-11)16(22)20-15-13(18)8-12(17)9-19-15/h8-11H,2-7H2,1H3,(H,19,20,22). The Hall–Kier alpha value is -1.33. The molecule has 1 aliphatic rings. The summed E-state index contributed by atoms with van der Waals surface area (Å²) in [5.41, 5.74) is 0. The van der Waals surface area contributed by atoms with Gasteiger partial charge < -0.3 is 10.1 Å². The number of rotatable bonds is 5. The van der Waals surface area contributed by atoms with Crippen LogP contribution in [0.1, 0.15) is 45.4 Å². The maximum atomic E-state index is 12.1. The number of carbonyl (C=O) groups is 2. The van der Waals surface area contributed by atoms with E-state index >= 15 is 0 Å². The van der Waals surface area contributed by atoms with Crippen LogP contribution in [0.5, 0.6) is 0 Å². The van der Waals surface area contributed by atoms with E-state index in [2.05, 4.69) is 10.3 Å². The Balaban J connectivity index is 1.83. The van der Waals surface area contributed by atoms with E-state index in [0.717, 1.165) is 25.7 Å². The molecule has 0 radical (unpaired) electrons. The molecule has 7 heteroatoms. The van der Waals surface area contributed by atoms with Gasteiger partial charge in [-0.25, -0.2) is 4.98 Å². The van der Waals surface area contributed by atoms with Gasteiger partial charge in [0.05, 0.1) is 10.0 Å². The van der Waals surface area contributed by atoms with Crippen LogP contribution in [0.2, 0.25) is 10.0 Å². The number of aromatic nitrogens is 1. The molecule has 1 heterocycles. The monoisotopic (exact) mass is 358 g/mol. The van der Waals surface area contributed by atoms with Crippen LogP contribution in [-0.2, 0) is 14.3 Å². The molecule has 1 atom stereocenters. The van der Waals surface area contributed by atoms with Crippen molar-refractivity contribution in [1.29, 1.82) is 0 Å². The molecule has 0 aromatic carbocycles. The van der Waals surface area contributed by atoms with E-state index in [9.17, 15) is 9.59 Å².